The molecule has 0 aliphatic carbocycles. The van der Waals surface area contributed by atoms with Crippen molar-refractivity contribution in [2.24, 2.45) is 0 Å². The number of para-hydroxylation sites is 1. The summed E-state index contributed by atoms with van der Waals surface area (Å²) in [5.41, 5.74) is 2.46. The van der Waals surface area contributed by atoms with Crippen molar-refractivity contribution in [3.63, 3.8) is 0 Å². The van der Waals surface area contributed by atoms with E-state index in [-0.39, 0.29) is 0 Å². The van der Waals surface area contributed by atoms with Crippen molar-refractivity contribution < 1.29 is 4.74 Å². The molecule has 0 unspecified atom stereocenters. The first-order valence-electron chi connectivity index (χ1n) is 8.19. The maximum absolute atomic E-state index is 5.22. The van der Waals surface area contributed by atoms with Crippen LogP contribution >= 0.6 is 0 Å². The van der Waals surface area contributed by atoms with Crippen LogP contribution in [-0.4, -0.2) is 13.7 Å². The molecule has 0 spiro atoms. The van der Waals surface area contributed by atoms with Crippen LogP contribution < -0.4 is 5.32 Å². The summed E-state index contributed by atoms with van der Waals surface area (Å²) in [6.07, 6.45) is 11.0. The van der Waals surface area contributed by atoms with Crippen molar-refractivity contribution in [3.05, 3.63) is 29.8 Å². The molecule has 2 nitrogen and oxygen atoms in total. The van der Waals surface area contributed by atoms with Crippen LogP contribution in [0.15, 0.2) is 24.3 Å². The zero-order chi connectivity index (χ0) is 14.5. The molecule has 0 aliphatic rings. The first-order valence-corrected chi connectivity index (χ1v) is 8.19. The SMILES string of the molecule is CCCCCCCCCCNc1ccccc1COC. The highest BCUT2D eigenvalue weighted by Crippen LogP contribution is 2.16. The summed E-state index contributed by atoms with van der Waals surface area (Å²) in [5.74, 6) is 0. The van der Waals surface area contributed by atoms with Gasteiger partial charge in [0, 0.05) is 24.9 Å². The van der Waals surface area contributed by atoms with Gasteiger partial charge in [-0.05, 0) is 12.5 Å². The van der Waals surface area contributed by atoms with Crippen molar-refractivity contribution >= 4 is 5.69 Å². The van der Waals surface area contributed by atoms with Crippen LogP contribution in [0.25, 0.3) is 0 Å². The molecule has 1 rings (SSSR count). The van der Waals surface area contributed by atoms with Gasteiger partial charge in [-0.3, -0.25) is 0 Å². The fourth-order valence-corrected chi connectivity index (χ4v) is 2.46. The summed E-state index contributed by atoms with van der Waals surface area (Å²) in [6.45, 7) is 4.02. The summed E-state index contributed by atoms with van der Waals surface area (Å²) in [6, 6.07) is 8.41. The van der Waals surface area contributed by atoms with Gasteiger partial charge in [0.2, 0.25) is 0 Å². The van der Waals surface area contributed by atoms with E-state index in [1.165, 1.54) is 62.6 Å². The predicted molar refractivity (Wildman–Crippen MR) is 88.3 cm³/mol. The predicted octanol–water partition coefficient (Wildman–Crippen LogP) is 5.39. The number of unbranched alkanes of at least 4 members (excludes halogenated alkanes) is 7. The van der Waals surface area contributed by atoms with Crippen LogP contribution in [0.3, 0.4) is 0 Å². The van der Waals surface area contributed by atoms with Crippen LogP contribution in [0.4, 0.5) is 5.69 Å². The summed E-state index contributed by atoms with van der Waals surface area (Å²) >= 11 is 0. The third-order valence-corrected chi connectivity index (χ3v) is 3.66. The number of anilines is 1. The summed E-state index contributed by atoms with van der Waals surface area (Å²) in [5, 5.41) is 3.53. The van der Waals surface area contributed by atoms with E-state index < -0.39 is 0 Å². The second-order valence-corrected chi connectivity index (χ2v) is 5.49. The van der Waals surface area contributed by atoms with Crippen molar-refractivity contribution in [1.29, 1.82) is 0 Å². The quantitative estimate of drug-likeness (QED) is 0.517. The molecule has 0 saturated heterocycles. The van der Waals surface area contributed by atoms with Gasteiger partial charge in [-0.25, -0.2) is 0 Å². The molecule has 0 saturated carbocycles. The number of hydrogen-bond acceptors (Lipinski definition) is 2. The van der Waals surface area contributed by atoms with Crippen LogP contribution in [0, 0.1) is 0 Å². The Morgan fingerprint density at radius 1 is 0.900 bits per heavy atom. The lowest BCUT2D eigenvalue weighted by atomic mass is 10.1. The molecule has 20 heavy (non-hydrogen) atoms. The Hall–Kier alpha value is -1.02. The van der Waals surface area contributed by atoms with E-state index >= 15 is 0 Å². The Bertz CT molecular complexity index is 338. The minimum absolute atomic E-state index is 0.681. The van der Waals surface area contributed by atoms with E-state index in [2.05, 4.69) is 36.5 Å². The molecule has 0 radical (unpaired) electrons. The first-order chi connectivity index (χ1) is 9.88. The van der Waals surface area contributed by atoms with Crippen LogP contribution in [0.1, 0.15) is 63.9 Å². The monoisotopic (exact) mass is 277 g/mol. The number of ether oxygens (including phenoxy) is 1. The molecule has 0 amide bonds. The molecule has 1 aromatic carbocycles. The second kappa shape index (κ2) is 11.8. The molecule has 1 aromatic rings. The highest BCUT2D eigenvalue weighted by Gasteiger charge is 2.00. The van der Waals surface area contributed by atoms with Gasteiger partial charge in [0.25, 0.3) is 0 Å². The number of nitrogens with one attached hydrogen (secondary N) is 1. The highest BCUT2D eigenvalue weighted by atomic mass is 16.5. The van der Waals surface area contributed by atoms with E-state index in [4.69, 9.17) is 4.74 Å². The first kappa shape index (κ1) is 17.0. The summed E-state index contributed by atoms with van der Waals surface area (Å²) in [4.78, 5) is 0. The topological polar surface area (TPSA) is 21.3 Å². The Morgan fingerprint density at radius 2 is 1.55 bits per heavy atom. The molecular weight excluding hydrogens is 246 g/mol. The average molecular weight is 277 g/mol. The number of hydrogen-bond donors (Lipinski definition) is 1. The smallest absolute Gasteiger partial charge is 0.0733 e. The largest absolute Gasteiger partial charge is 0.385 e. The lowest BCUT2D eigenvalue weighted by Gasteiger charge is -2.11. The van der Waals surface area contributed by atoms with Gasteiger partial charge in [-0.2, -0.15) is 0 Å². The fraction of sp³-hybridized carbons (Fsp3) is 0.667. The van der Waals surface area contributed by atoms with Gasteiger partial charge in [-0.15, -0.1) is 0 Å². The number of rotatable bonds is 12. The molecular formula is C18H31NO. The van der Waals surface area contributed by atoms with E-state index in [0.717, 1.165) is 6.54 Å². The molecule has 0 bridgehead atoms. The molecule has 0 heterocycles. The lowest BCUT2D eigenvalue weighted by Crippen LogP contribution is -2.04. The van der Waals surface area contributed by atoms with Crippen LogP contribution in [0.2, 0.25) is 0 Å². The van der Waals surface area contributed by atoms with Crippen molar-refractivity contribution in [3.8, 4) is 0 Å². The Kier molecular flexibility index (Phi) is 10.0. The van der Waals surface area contributed by atoms with Gasteiger partial charge in [0.1, 0.15) is 0 Å². The Labute approximate surface area is 124 Å². The fourth-order valence-electron chi connectivity index (χ4n) is 2.46. The average Bonchev–Trinajstić information content (AvgIpc) is 2.47. The second-order valence-electron chi connectivity index (χ2n) is 5.49. The normalized spacial score (nSPS) is 10.7. The highest BCUT2D eigenvalue weighted by molar-refractivity contribution is 5.50. The number of benzene rings is 1. The van der Waals surface area contributed by atoms with Crippen molar-refractivity contribution in [1.82, 2.24) is 0 Å². The zero-order valence-corrected chi connectivity index (χ0v) is 13.3. The van der Waals surface area contributed by atoms with E-state index in [0.29, 0.717) is 6.61 Å². The maximum atomic E-state index is 5.22. The van der Waals surface area contributed by atoms with E-state index in [1.807, 2.05) is 0 Å². The van der Waals surface area contributed by atoms with Gasteiger partial charge >= 0.3 is 0 Å². The number of methoxy groups -OCH3 is 1. The third-order valence-electron chi connectivity index (χ3n) is 3.66. The zero-order valence-electron chi connectivity index (χ0n) is 13.3. The van der Waals surface area contributed by atoms with Gasteiger partial charge in [0.05, 0.1) is 6.61 Å². The molecule has 114 valence electrons. The van der Waals surface area contributed by atoms with Crippen LogP contribution in [-0.2, 0) is 11.3 Å². The van der Waals surface area contributed by atoms with Gasteiger partial charge < -0.3 is 10.1 Å². The summed E-state index contributed by atoms with van der Waals surface area (Å²) < 4.78 is 5.22. The van der Waals surface area contributed by atoms with Gasteiger partial charge in [0.15, 0.2) is 0 Å². The minimum Gasteiger partial charge on any atom is -0.385 e. The Balaban J connectivity index is 2.06. The standard InChI is InChI=1S/C18H31NO/c1-3-4-5-6-7-8-9-12-15-19-18-14-11-10-13-17(18)16-20-2/h10-11,13-14,19H,3-9,12,15-16H2,1-2H3. The van der Waals surface area contributed by atoms with Crippen LogP contribution in [0.5, 0.6) is 0 Å². The molecule has 1 N–H and O–H groups in total. The van der Waals surface area contributed by atoms with E-state index in [9.17, 15) is 0 Å². The van der Waals surface area contributed by atoms with E-state index in [1.54, 1.807) is 7.11 Å². The van der Waals surface area contributed by atoms with Crippen molar-refractivity contribution in [2.45, 2.75) is 64.9 Å². The molecule has 0 aromatic heterocycles. The molecule has 0 aliphatic heterocycles. The third kappa shape index (κ3) is 7.54. The van der Waals surface area contributed by atoms with Crippen molar-refractivity contribution in [2.75, 3.05) is 19.0 Å². The molecule has 2 heteroatoms. The molecule has 0 atom stereocenters. The molecule has 0 fully saturated rings. The van der Waals surface area contributed by atoms with Gasteiger partial charge in [-0.1, -0.05) is 70.1 Å². The minimum atomic E-state index is 0.681. The summed E-state index contributed by atoms with van der Waals surface area (Å²) in [7, 11) is 1.75. The Morgan fingerprint density at radius 3 is 2.25 bits per heavy atom. The lowest BCUT2D eigenvalue weighted by molar-refractivity contribution is 0.185. The maximum Gasteiger partial charge on any atom is 0.0733 e.